The standard InChI is InChI=1S/C16H23N3/c1-3-16-18-14-6-4-5-7-15(14)19(16)11-10-17-12(2)13-8-9-13/h4-7,12-13,17H,3,8-11H2,1-2H3. The zero-order valence-corrected chi connectivity index (χ0v) is 11.9. The molecular weight excluding hydrogens is 234 g/mol. The predicted octanol–water partition coefficient (Wildman–Crippen LogP) is 2.99. The number of hydrogen-bond acceptors (Lipinski definition) is 2. The van der Waals surface area contributed by atoms with Crippen LogP contribution in [0, 0.1) is 5.92 Å². The number of rotatable bonds is 6. The Hall–Kier alpha value is -1.35. The lowest BCUT2D eigenvalue weighted by Gasteiger charge is -2.14. The van der Waals surface area contributed by atoms with Gasteiger partial charge < -0.3 is 9.88 Å². The molecule has 0 aliphatic heterocycles. The van der Waals surface area contributed by atoms with E-state index in [2.05, 4.69) is 48.0 Å². The minimum Gasteiger partial charge on any atom is -0.327 e. The summed E-state index contributed by atoms with van der Waals surface area (Å²) in [5.74, 6) is 2.12. The molecule has 0 radical (unpaired) electrons. The van der Waals surface area contributed by atoms with Gasteiger partial charge in [0.05, 0.1) is 11.0 Å². The molecular formula is C16H23N3. The van der Waals surface area contributed by atoms with Crippen molar-refractivity contribution in [2.45, 2.75) is 45.7 Å². The van der Waals surface area contributed by atoms with Crippen LogP contribution >= 0.6 is 0 Å². The van der Waals surface area contributed by atoms with E-state index in [0.29, 0.717) is 6.04 Å². The maximum Gasteiger partial charge on any atom is 0.109 e. The van der Waals surface area contributed by atoms with Crippen molar-refractivity contribution in [3.8, 4) is 0 Å². The Kier molecular flexibility index (Phi) is 3.56. The van der Waals surface area contributed by atoms with Crippen LogP contribution in [0.1, 0.15) is 32.5 Å². The Bertz CT molecular complexity index is 554. The van der Waals surface area contributed by atoms with Gasteiger partial charge in [-0.2, -0.15) is 0 Å². The first kappa shape index (κ1) is 12.7. The summed E-state index contributed by atoms with van der Waals surface area (Å²) in [6, 6.07) is 9.10. The molecule has 102 valence electrons. The summed E-state index contributed by atoms with van der Waals surface area (Å²) in [6.45, 7) is 6.54. The van der Waals surface area contributed by atoms with E-state index < -0.39 is 0 Å². The second kappa shape index (κ2) is 5.33. The normalized spacial score (nSPS) is 16.9. The summed E-state index contributed by atoms with van der Waals surface area (Å²) >= 11 is 0. The molecule has 1 saturated carbocycles. The number of imidazole rings is 1. The SMILES string of the molecule is CCc1nc2ccccc2n1CCNC(C)C1CC1. The first-order valence-corrected chi connectivity index (χ1v) is 7.47. The van der Waals surface area contributed by atoms with Crippen LogP contribution in [0.25, 0.3) is 11.0 Å². The fourth-order valence-electron chi connectivity index (χ4n) is 2.81. The summed E-state index contributed by atoms with van der Waals surface area (Å²) in [5.41, 5.74) is 2.38. The molecule has 0 saturated heterocycles. The van der Waals surface area contributed by atoms with Crippen molar-refractivity contribution in [2.24, 2.45) is 5.92 Å². The van der Waals surface area contributed by atoms with Gasteiger partial charge in [0.25, 0.3) is 0 Å². The number of nitrogens with zero attached hydrogens (tertiary/aromatic N) is 2. The number of benzene rings is 1. The number of fused-ring (bicyclic) bond motifs is 1. The van der Waals surface area contributed by atoms with E-state index in [1.807, 2.05) is 0 Å². The van der Waals surface area contributed by atoms with E-state index in [4.69, 9.17) is 4.98 Å². The summed E-state index contributed by atoms with van der Waals surface area (Å²) in [4.78, 5) is 4.71. The van der Waals surface area contributed by atoms with E-state index in [-0.39, 0.29) is 0 Å². The molecule has 1 atom stereocenters. The molecule has 1 aliphatic rings. The summed E-state index contributed by atoms with van der Waals surface area (Å²) < 4.78 is 2.36. The van der Waals surface area contributed by atoms with Crippen molar-refractivity contribution in [1.82, 2.24) is 14.9 Å². The highest BCUT2D eigenvalue weighted by Crippen LogP contribution is 2.32. The van der Waals surface area contributed by atoms with Crippen LogP contribution in [-0.2, 0) is 13.0 Å². The van der Waals surface area contributed by atoms with Gasteiger partial charge in [-0.05, 0) is 37.8 Å². The largest absolute Gasteiger partial charge is 0.327 e. The third-order valence-electron chi connectivity index (χ3n) is 4.18. The molecule has 1 heterocycles. The van der Waals surface area contributed by atoms with E-state index >= 15 is 0 Å². The Labute approximate surface area is 115 Å². The molecule has 2 aromatic rings. The Morgan fingerprint density at radius 2 is 2.16 bits per heavy atom. The fourth-order valence-corrected chi connectivity index (χ4v) is 2.81. The number of aryl methyl sites for hydroxylation is 1. The van der Waals surface area contributed by atoms with Gasteiger partial charge in [-0.15, -0.1) is 0 Å². The van der Waals surface area contributed by atoms with Crippen LogP contribution in [-0.4, -0.2) is 22.1 Å². The lowest BCUT2D eigenvalue weighted by atomic mass is 10.2. The molecule has 3 nitrogen and oxygen atoms in total. The van der Waals surface area contributed by atoms with E-state index in [0.717, 1.165) is 30.9 Å². The minimum absolute atomic E-state index is 0.667. The Morgan fingerprint density at radius 3 is 2.89 bits per heavy atom. The highest BCUT2D eigenvalue weighted by molar-refractivity contribution is 5.75. The number of aromatic nitrogens is 2. The molecule has 1 aliphatic carbocycles. The molecule has 1 N–H and O–H groups in total. The van der Waals surface area contributed by atoms with Crippen molar-refractivity contribution in [3.63, 3.8) is 0 Å². The molecule has 1 aromatic carbocycles. The second-order valence-electron chi connectivity index (χ2n) is 5.60. The van der Waals surface area contributed by atoms with Gasteiger partial charge in [-0.1, -0.05) is 19.1 Å². The first-order chi connectivity index (χ1) is 9.29. The average Bonchev–Trinajstić information content (AvgIpc) is 3.22. The fraction of sp³-hybridized carbons (Fsp3) is 0.562. The molecule has 0 spiro atoms. The maximum absolute atomic E-state index is 4.71. The summed E-state index contributed by atoms with van der Waals surface area (Å²) in [6.07, 6.45) is 3.80. The smallest absolute Gasteiger partial charge is 0.109 e. The topological polar surface area (TPSA) is 29.9 Å². The maximum atomic E-state index is 4.71. The Balaban J connectivity index is 1.71. The molecule has 1 aromatic heterocycles. The van der Waals surface area contributed by atoms with Crippen LogP contribution in [0.4, 0.5) is 0 Å². The lowest BCUT2D eigenvalue weighted by Crippen LogP contribution is -2.31. The molecule has 1 unspecified atom stereocenters. The molecule has 0 bridgehead atoms. The van der Waals surface area contributed by atoms with Crippen molar-refractivity contribution in [3.05, 3.63) is 30.1 Å². The van der Waals surface area contributed by atoms with Gasteiger partial charge in [0.2, 0.25) is 0 Å². The monoisotopic (exact) mass is 257 g/mol. The van der Waals surface area contributed by atoms with Crippen molar-refractivity contribution >= 4 is 11.0 Å². The third kappa shape index (κ3) is 2.66. The summed E-state index contributed by atoms with van der Waals surface area (Å²) in [5, 5.41) is 3.65. The van der Waals surface area contributed by atoms with Gasteiger partial charge in [0.1, 0.15) is 5.82 Å². The van der Waals surface area contributed by atoms with E-state index in [9.17, 15) is 0 Å². The van der Waals surface area contributed by atoms with Gasteiger partial charge in [0, 0.05) is 25.6 Å². The number of hydrogen-bond donors (Lipinski definition) is 1. The van der Waals surface area contributed by atoms with Crippen LogP contribution in [0.2, 0.25) is 0 Å². The molecule has 0 amide bonds. The number of para-hydroxylation sites is 2. The third-order valence-corrected chi connectivity index (χ3v) is 4.18. The van der Waals surface area contributed by atoms with Gasteiger partial charge in [0.15, 0.2) is 0 Å². The molecule has 3 heteroatoms. The number of nitrogens with one attached hydrogen (secondary N) is 1. The van der Waals surface area contributed by atoms with Crippen LogP contribution in [0.5, 0.6) is 0 Å². The highest BCUT2D eigenvalue weighted by atomic mass is 15.1. The highest BCUT2D eigenvalue weighted by Gasteiger charge is 2.27. The average molecular weight is 257 g/mol. The lowest BCUT2D eigenvalue weighted by molar-refractivity contribution is 0.474. The van der Waals surface area contributed by atoms with Crippen LogP contribution < -0.4 is 5.32 Å². The van der Waals surface area contributed by atoms with Gasteiger partial charge in [-0.3, -0.25) is 0 Å². The quantitative estimate of drug-likeness (QED) is 0.862. The van der Waals surface area contributed by atoms with Gasteiger partial charge >= 0.3 is 0 Å². The van der Waals surface area contributed by atoms with Crippen molar-refractivity contribution in [2.75, 3.05) is 6.54 Å². The summed E-state index contributed by atoms with van der Waals surface area (Å²) in [7, 11) is 0. The van der Waals surface area contributed by atoms with E-state index in [1.165, 1.54) is 24.2 Å². The van der Waals surface area contributed by atoms with Crippen molar-refractivity contribution in [1.29, 1.82) is 0 Å². The Morgan fingerprint density at radius 1 is 1.37 bits per heavy atom. The van der Waals surface area contributed by atoms with Crippen LogP contribution in [0.3, 0.4) is 0 Å². The first-order valence-electron chi connectivity index (χ1n) is 7.47. The van der Waals surface area contributed by atoms with Crippen LogP contribution in [0.15, 0.2) is 24.3 Å². The molecule has 19 heavy (non-hydrogen) atoms. The molecule has 3 rings (SSSR count). The zero-order chi connectivity index (χ0) is 13.2. The zero-order valence-electron chi connectivity index (χ0n) is 11.9. The van der Waals surface area contributed by atoms with Crippen molar-refractivity contribution < 1.29 is 0 Å². The molecule has 1 fully saturated rings. The van der Waals surface area contributed by atoms with Gasteiger partial charge in [-0.25, -0.2) is 4.98 Å². The van der Waals surface area contributed by atoms with E-state index in [1.54, 1.807) is 0 Å². The minimum atomic E-state index is 0.667. The predicted molar refractivity (Wildman–Crippen MR) is 79.3 cm³/mol. The second-order valence-corrected chi connectivity index (χ2v) is 5.60.